The summed E-state index contributed by atoms with van der Waals surface area (Å²) in [6.07, 6.45) is 7.12. The van der Waals surface area contributed by atoms with Crippen LogP contribution in [0, 0.1) is 5.92 Å². The lowest BCUT2D eigenvalue weighted by Crippen LogP contribution is -2.64. The summed E-state index contributed by atoms with van der Waals surface area (Å²) in [6, 6.07) is 6.08. The molecular formula is C19H27N3O2. The molecule has 5 heteroatoms. The fourth-order valence-corrected chi connectivity index (χ4v) is 4.28. The first-order valence-electron chi connectivity index (χ1n) is 9.26. The largest absolute Gasteiger partial charge is 0.372 e. The van der Waals surface area contributed by atoms with Gasteiger partial charge >= 0.3 is 0 Å². The summed E-state index contributed by atoms with van der Waals surface area (Å²) >= 11 is 0. The molecule has 0 aromatic carbocycles. The van der Waals surface area contributed by atoms with E-state index in [1.165, 1.54) is 6.42 Å². The average Bonchev–Trinajstić information content (AvgIpc) is 2.58. The van der Waals surface area contributed by atoms with Crippen LogP contribution < -0.4 is 0 Å². The molecule has 1 aromatic rings. The average molecular weight is 329 g/mol. The number of nitrogens with zero attached hydrogens (tertiary/aromatic N) is 3. The van der Waals surface area contributed by atoms with Crippen molar-refractivity contribution < 1.29 is 9.53 Å². The minimum absolute atomic E-state index is 0.0667. The normalized spacial score (nSPS) is 27.2. The lowest BCUT2D eigenvalue weighted by molar-refractivity contribution is -0.184. The SMILES string of the molecule is O=C1CCCCN1CC1CCC2(CN(Cc3ccccn3)C2)OC1. The Morgan fingerprint density at radius 2 is 2.21 bits per heavy atom. The quantitative estimate of drug-likeness (QED) is 0.848. The first-order chi connectivity index (χ1) is 11.7. The summed E-state index contributed by atoms with van der Waals surface area (Å²) in [7, 11) is 0. The number of hydrogen-bond donors (Lipinski definition) is 0. The van der Waals surface area contributed by atoms with Crippen LogP contribution in [0.15, 0.2) is 24.4 Å². The third-order valence-corrected chi connectivity index (χ3v) is 5.67. The summed E-state index contributed by atoms with van der Waals surface area (Å²) in [6.45, 7) is 5.58. The molecule has 4 heterocycles. The summed E-state index contributed by atoms with van der Waals surface area (Å²) in [5, 5.41) is 0. The van der Waals surface area contributed by atoms with Gasteiger partial charge in [0.2, 0.25) is 5.91 Å². The Hall–Kier alpha value is -1.46. The molecule has 3 saturated heterocycles. The molecule has 1 unspecified atom stereocenters. The van der Waals surface area contributed by atoms with Gasteiger partial charge in [-0.3, -0.25) is 14.7 Å². The highest BCUT2D eigenvalue weighted by molar-refractivity contribution is 5.76. The molecule has 5 nitrogen and oxygen atoms in total. The van der Waals surface area contributed by atoms with E-state index in [2.05, 4.69) is 20.9 Å². The van der Waals surface area contributed by atoms with Crippen LogP contribution >= 0.6 is 0 Å². The first kappa shape index (κ1) is 16.0. The third kappa shape index (κ3) is 3.47. The molecular weight excluding hydrogens is 302 g/mol. The summed E-state index contributed by atoms with van der Waals surface area (Å²) in [5.41, 5.74) is 1.20. The number of rotatable bonds is 4. The molecule has 0 bridgehead atoms. The monoisotopic (exact) mass is 329 g/mol. The summed E-state index contributed by atoms with van der Waals surface area (Å²) in [4.78, 5) is 20.8. The third-order valence-electron chi connectivity index (χ3n) is 5.67. The molecule has 1 spiro atoms. The van der Waals surface area contributed by atoms with E-state index in [-0.39, 0.29) is 5.60 Å². The van der Waals surface area contributed by atoms with Gasteiger partial charge in [-0.2, -0.15) is 0 Å². The molecule has 3 aliphatic rings. The minimum atomic E-state index is 0.0667. The smallest absolute Gasteiger partial charge is 0.222 e. The van der Waals surface area contributed by atoms with E-state index in [9.17, 15) is 4.79 Å². The fraction of sp³-hybridized carbons (Fsp3) is 0.684. The van der Waals surface area contributed by atoms with Gasteiger partial charge in [0.05, 0.1) is 17.9 Å². The minimum Gasteiger partial charge on any atom is -0.372 e. The Bertz CT molecular complexity index is 561. The van der Waals surface area contributed by atoms with Crippen LogP contribution in [-0.4, -0.2) is 59.1 Å². The lowest BCUT2D eigenvalue weighted by atomic mass is 9.82. The molecule has 3 fully saturated rings. The molecule has 0 saturated carbocycles. The van der Waals surface area contributed by atoms with Gasteiger partial charge in [-0.25, -0.2) is 0 Å². The highest BCUT2D eigenvalue weighted by Gasteiger charge is 2.46. The van der Waals surface area contributed by atoms with Crippen molar-refractivity contribution in [2.75, 3.05) is 32.8 Å². The second kappa shape index (κ2) is 6.81. The molecule has 1 amide bonds. The van der Waals surface area contributed by atoms with Crippen molar-refractivity contribution in [1.82, 2.24) is 14.8 Å². The Morgan fingerprint density at radius 1 is 1.29 bits per heavy atom. The van der Waals surface area contributed by atoms with Crippen LogP contribution in [0.4, 0.5) is 0 Å². The zero-order chi connectivity index (χ0) is 16.4. The van der Waals surface area contributed by atoms with E-state index < -0.39 is 0 Å². The molecule has 0 radical (unpaired) electrons. The van der Waals surface area contributed by atoms with E-state index in [1.807, 2.05) is 18.3 Å². The van der Waals surface area contributed by atoms with Crippen molar-refractivity contribution in [3.05, 3.63) is 30.1 Å². The predicted molar refractivity (Wildman–Crippen MR) is 91.4 cm³/mol. The van der Waals surface area contributed by atoms with Crippen molar-refractivity contribution in [3.8, 4) is 0 Å². The fourth-order valence-electron chi connectivity index (χ4n) is 4.28. The molecule has 0 aliphatic carbocycles. The first-order valence-corrected chi connectivity index (χ1v) is 9.26. The van der Waals surface area contributed by atoms with Crippen LogP contribution in [0.25, 0.3) is 0 Å². The highest BCUT2D eigenvalue weighted by atomic mass is 16.5. The zero-order valence-electron chi connectivity index (χ0n) is 14.3. The number of ether oxygens (including phenoxy) is 1. The van der Waals surface area contributed by atoms with Crippen LogP contribution in [0.3, 0.4) is 0 Å². The second-order valence-electron chi connectivity index (χ2n) is 7.66. The van der Waals surface area contributed by atoms with Crippen LogP contribution in [-0.2, 0) is 16.1 Å². The molecule has 4 rings (SSSR count). The van der Waals surface area contributed by atoms with Gasteiger partial charge in [0.15, 0.2) is 0 Å². The van der Waals surface area contributed by atoms with Crippen LogP contribution in [0.2, 0.25) is 0 Å². The van der Waals surface area contributed by atoms with E-state index in [4.69, 9.17) is 4.74 Å². The van der Waals surface area contributed by atoms with Crippen LogP contribution in [0.1, 0.15) is 37.8 Å². The van der Waals surface area contributed by atoms with Crippen molar-refractivity contribution >= 4 is 5.91 Å². The van der Waals surface area contributed by atoms with E-state index >= 15 is 0 Å². The summed E-state index contributed by atoms with van der Waals surface area (Å²) < 4.78 is 6.26. The van der Waals surface area contributed by atoms with Gasteiger partial charge in [-0.05, 0) is 37.8 Å². The van der Waals surface area contributed by atoms with Gasteiger partial charge in [0.25, 0.3) is 0 Å². The Balaban J connectivity index is 1.22. The number of carbonyl (C=O) groups is 1. The Morgan fingerprint density at radius 3 is 2.92 bits per heavy atom. The maximum absolute atomic E-state index is 12.0. The van der Waals surface area contributed by atoms with Gasteiger partial charge < -0.3 is 9.64 Å². The van der Waals surface area contributed by atoms with Gasteiger partial charge in [-0.1, -0.05) is 6.07 Å². The number of pyridine rings is 1. The number of hydrogen-bond acceptors (Lipinski definition) is 4. The van der Waals surface area contributed by atoms with Crippen molar-refractivity contribution in [1.29, 1.82) is 0 Å². The van der Waals surface area contributed by atoms with Crippen molar-refractivity contribution in [2.24, 2.45) is 5.92 Å². The van der Waals surface area contributed by atoms with Crippen molar-refractivity contribution in [3.63, 3.8) is 0 Å². The standard InChI is InChI=1S/C19H27N3O2/c23-18-6-2-4-10-22(18)11-16-7-8-19(24-13-16)14-21(15-19)12-17-5-1-3-9-20-17/h1,3,5,9,16H,2,4,6-8,10-15H2. The molecule has 1 aromatic heterocycles. The lowest BCUT2D eigenvalue weighted by Gasteiger charge is -2.53. The summed E-state index contributed by atoms with van der Waals surface area (Å²) in [5.74, 6) is 0.856. The molecule has 130 valence electrons. The highest BCUT2D eigenvalue weighted by Crippen LogP contribution is 2.37. The maximum atomic E-state index is 12.0. The Kier molecular flexibility index (Phi) is 4.55. The molecule has 24 heavy (non-hydrogen) atoms. The zero-order valence-corrected chi connectivity index (χ0v) is 14.3. The number of piperidine rings is 1. The van der Waals surface area contributed by atoms with Gasteiger partial charge in [0.1, 0.15) is 0 Å². The van der Waals surface area contributed by atoms with E-state index in [1.54, 1.807) is 0 Å². The van der Waals surface area contributed by atoms with Gasteiger partial charge in [0, 0.05) is 51.3 Å². The van der Waals surface area contributed by atoms with Gasteiger partial charge in [-0.15, -0.1) is 0 Å². The molecule has 1 atom stereocenters. The van der Waals surface area contributed by atoms with Crippen molar-refractivity contribution in [2.45, 2.75) is 44.2 Å². The van der Waals surface area contributed by atoms with Crippen LogP contribution in [0.5, 0.6) is 0 Å². The number of likely N-dealkylation sites (tertiary alicyclic amines) is 2. The predicted octanol–water partition coefficient (Wildman–Crippen LogP) is 2.08. The topological polar surface area (TPSA) is 45.7 Å². The molecule has 0 N–H and O–H groups in total. The van der Waals surface area contributed by atoms with E-state index in [0.717, 1.165) is 70.7 Å². The molecule has 3 aliphatic heterocycles. The number of aromatic nitrogens is 1. The second-order valence-corrected chi connectivity index (χ2v) is 7.66. The Labute approximate surface area is 144 Å². The number of carbonyl (C=O) groups excluding carboxylic acids is 1. The maximum Gasteiger partial charge on any atom is 0.222 e. The number of amides is 1. The van der Waals surface area contributed by atoms with E-state index in [0.29, 0.717) is 11.8 Å².